The number of para-hydroxylation sites is 1. The van der Waals surface area contributed by atoms with Gasteiger partial charge in [-0.05, 0) is 30.9 Å². The van der Waals surface area contributed by atoms with Crippen LogP contribution < -0.4 is 11.3 Å². The van der Waals surface area contributed by atoms with Crippen molar-refractivity contribution in [1.82, 2.24) is 4.57 Å². The maximum atomic E-state index is 12.3. The van der Waals surface area contributed by atoms with Gasteiger partial charge in [-0.3, -0.25) is 4.79 Å². The topological polar surface area (TPSA) is 57.2 Å². The Morgan fingerprint density at radius 1 is 1.32 bits per heavy atom. The van der Waals surface area contributed by atoms with E-state index >= 15 is 0 Å². The summed E-state index contributed by atoms with van der Waals surface area (Å²) < 4.78 is 7.13. The molecule has 0 aliphatic rings. The molecule has 0 fully saturated rings. The van der Waals surface area contributed by atoms with Crippen molar-refractivity contribution < 1.29 is 4.74 Å². The number of hydrogen-bond donors (Lipinski definition) is 1. The first-order valence-corrected chi connectivity index (χ1v) is 6.67. The van der Waals surface area contributed by atoms with E-state index in [2.05, 4.69) is 0 Å². The number of fused-ring (bicyclic) bond motifs is 1. The number of ether oxygens (including phenoxy) is 1. The van der Waals surface area contributed by atoms with E-state index in [1.807, 2.05) is 37.3 Å². The highest BCUT2D eigenvalue weighted by molar-refractivity contribution is 5.79. The Morgan fingerprint density at radius 3 is 2.84 bits per heavy atom. The van der Waals surface area contributed by atoms with E-state index in [4.69, 9.17) is 10.5 Å². The fraction of sp³-hybridized carbons (Fsp3) is 0.400. The fourth-order valence-corrected chi connectivity index (χ4v) is 2.22. The largest absolute Gasteiger partial charge is 0.382 e. The average molecular weight is 260 g/mol. The van der Waals surface area contributed by atoms with Crippen molar-refractivity contribution in [3.8, 4) is 0 Å². The Labute approximate surface area is 112 Å². The SMILES string of the molecule is CCOCCCn1c(=O)c(CN)cc2ccccc21. The highest BCUT2D eigenvalue weighted by Gasteiger charge is 2.07. The number of benzene rings is 1. The third-order valence-electron chi connectivity index (χ3n) is 3.17. The molecule has 1 heterocycles. The van der Waals surface area contributed by atoms with Gasteiger partial charge in [-0.15, -0.1) is 0 Å². The van der Waals surface area contributed by atoms with Crippen LogP contribution in [0.15, 0.2) is 35.1 Å². The Kier molecular flexibility index (Phi) is 4.71. The van der Waals surface area contributed by atoms with Gasteiger partial charge in [0.2, 0.25) is 0 Å². The molecule has 0 unspecified atom stereocenters. The van der Waals surface area contributed by atoms with Crippen molar-refractivity contribution in [3.05, 3.63) is 46.2 Å². The average Bonchev–Trinajstić information content (AvgIpc) is 2.45. The zero-order valence-electron chi connectivity index (χ0n) is 11.3. The molecule has 0 radical (unpaired) electrons. The van der Waals surface area contributed by atoms with Crippen LogP contribution in [0.5, 0.6) is 0 Å². The van der Waals surface area contributed by atoms with E-state index in [1.165, 1.54) is 0 Å². The summed E-state index contributed by atoms with van der Waals surface area (Å²) in [5.74, 6) is 0. The molecule has 2 N–H and O–H groups in total. The number of aryl methyl sites for hydroxylation is 1. The Morgan fingerprint density at radius 2 is 2.11 bits per heavy atom. The molecule has 0 atom stereocenters. The van der Waals surface area contributed by atoms with E-state index in [0.717, 1.165) is 17.3 Å². The molecule has 2 aromatic rings. The van der Waals surface area contributed by atoms with Gasteiger partial charge in [-0.25, -0.2) is 0 Å². The van der Waals surface area contributed by atoms with Crippen LogP contribution in [0, 0.1) is 0 Å². The molecule has 0 saturated heterocycles. The van der Waals surface area contributed by atoms with Gasteiger partial charge in [0.15, 0.2) is 0 Å². The number of aromatic nitrogens is 1. The lowest BCUT2D eigenvalue weighted by Gasteiger charge is -2.12. The number of nitrogens with two attached hydrogens (primary N) is 1. The van der Waals surface area contributed by atoms with Gasteiger partial charge in [0.05, 0.1) is 5.52 Å². The predicted octanol–water partition coefficient (Wildman–Crippen LogP) is 1.89. The van der Waals surface area contributed by atoms with E-state index in [0.29, 0.717) is 25.3 Å². The summed E-state index contributed by atoms with van der Waals surface area (Å²) >= 11 is 0. The minimum atomic E-state index is 0.0118. The van der Waals surface area contributed by atoms with Crippen LogP contribution in [0.1, 0.15) is 18.9 Å². The van der Waals surface area contributed by atoms with E-state index in [9.17, 15) is 4.79 Å². The summed E-state index contributed by atoms with van der Waals surface area (Å²) in [6, 6.07) is 9.78. The van der Waals surface area contributed by atoms with Gasteiger partial charge < -0.3 is 15.0 Å². The maximum Gasteiger partial charge on any atom is 0.255 e. The minimum Gasteiger partial charge on any atom is -0.382 e. The van der Waals surface area contributed by atoms with Crippen LogP contribution in [0.3, 0.4) is 0 Å². The van der Waals surface area contributed by atoms with Crippen LogP contribution in [0.2, 0.25) is 0 Å². The highest BCUT2D eigenvalue weighted by atomic mass is 16.5. The summed E-state index contributed by atoms with van der Waals surface area (Å²) in [5, 5.41) is 1.05. The predicted molar refractivity (Wildman–Crippen MR) is 77.2 cm³/mol. The lowest BCUT2D eigenvalue weighted by molar-refractivity contribution is 0.141. The molecule has 1 aromatic carbocycles. The van der Waals surface area contributed by atoms with Gasteiger partial charge in [0.1, 0.15) is 0 Å². The van der Waals surface area contributed by atoms with Crippen LogP contribution in [-0.2, 0) is 17.8 Å². The lowest BCUT2D eigenvalue weighted by Crippen LogP contribution is -2.26. The molecule has 0 spiro atoms. The quantitative estimate of drug-likeness (QED) is 0.807. The van der Waals surface area contributed by atoms with Crippen LogP contribution in [-0.4, -0.2) is 17.8 Å². The summed E-state index contributed by atoms with van der Waals surface area (Å²) in [5.41, 5.74) is 7.28. The second-order valence-electron chi connectivity index (χ2n) is 4.44. The molecule has 102 valence electrons. The van der Waals surface area contributed by atoms with Crippen molar-refractivity contribution in [2.24, 2.45) is 5.73 Å². The summed E-state index contributed by atoms with van der Waals surface area (Å²) in [7, 11) is 0. The van der Waals surface area contributed by atoms with Crippen LogP contribution >= 0.6 is 0 Å². The van der Waals surface area contributed by atoms with Gasteiger partial charge in [-0.2, -0.15) is 0 Å². The van der Waals surface area contributed by atoms with E-state index in [1.54, 1.807) is 4.57 Å². The molecular formula is C15H20N2O2. The molecule has 0 bridgehead atoms. The normalized spacial score (nSPS) is 11.1. The van der Waals surface area contributed by atoms with Gasteiger partial charge in [0.25, 0.3) is 5.56 Å². The number of pyridine rings is 1. The molecule has 1 aromatic heterocycles. The number of rotatable bonds is 6. The molecule has 19 heavy (non-hydrogen) atoms. The van der Waals surface area contributed by atoms with Gasteiger partial charge >= 0.3 is 0 Å². The molecule has 0 aliphatic heterocycles. The Balaban J connectivity index is 2.38. The second kappa shape index (κ2) is 6.50. The molecule has 2 rings (SSSR count). The first kappa shape index (κ1) is 13.8. The monoisotopic (exact) mass is 260 g/mol. The lowest BCUT2D eigenvalue weighted by atomic mass is 10.1. The van der Waals surface area contributed by atoms with Crippen molar-refractivity contribution in [3.63, 3.8) is 0 Å². The first-order chi connectivity index (χ1) is 9.27. The summed E-state index contributed by atoms with van der Waals surface area (Å²) in [6.45, 7) is 4.28. The molecule has 4 heteroatoms. The van der Waals surface area contributed by atoms with Crippen molar-refractivity contribution in [2.45, 2.75) is 26.4 Å². The molecule has 0 saturated carbocycles. The van der Waals surface area contributed by atoms with Crippen molar-refractivity contribution in [1.29, 1.82) is 0 Å². The molecule has 0 aliphatic carbocycles. The van der Waals surface area contributed by atoms with Crippen LogP contribution in [0.25, 0.3) is 10.9 Å². The fourth-order valence-electron chi connectivity index (χ4n) is 2.22. The highest BCUT2D eigenvalue weighted by Crippen LogP contribution is 2.13. The minimum absolute atomic E-state index is 0.0118. The second-order valence-corrected chi connectivity index (χ2v) is 4.44. The Bertz CT molecular complexity index is 605. The van der Waals surface area contributed by atoms with E-state index in [-0.39, 0.29) is 12.1 Å². The third kappa shape index (κ3) is 3.03. The smallest absolute Gasteiger partial charge is 0.255 e. The van der Waals surface area contributed by atoms with E-state index < -0.39 is 0 Å². The zero-order valence-corrected chi connectivity index (χ0v) is 11.3. The standard InChI is InChI=1S/C15H20N2O2/c1-2-19-9-5-8-17-14-7-4-3-6-12(14)10-13(11-16)15(17)18/h3-4,6-7,10H,2,5,8-9,11,16H2,1H3. The number of hydrogen-bond acceptors (Lipinski definition) is 3. The zero-order chi connectivity index (χ0) is 13.7. The van der Waals surface area contributed by atoms with Crippen molar-refractivity contribution >= 4 is 10.9 Å². The number of nitrogens with zero attached hydrogens (tertiary/aromatic N) is 1. The van der Waals surface area contributed by atoms with Gasteiger partial charge in [-0.1, -0.05) is 18.2 Å². The molecule has 4 nitrogen and oxygen atoms in total. The third-order valence-corrected chi connectivity index (χ3v) is 3.17. The summed E-state index contributed by atoms with van der Waals surface area (Å²) in [4.78, 5) is 12.3. The summed E-state index contributed by atoms with van der Waals surface area (Å²) in [6.07, 6.45) is 0.825. The Hall–Kier alpha value is -1.65. The molecular weight excluding hydrogens is 240 g/mol. The van der Waals surface area contributed by atoms with Crippen molar-refractivity contribution in [2.75, 3.05) is 13.2 Å². The maximum absolute atomic E-state index is 12.3. The van der Waals surface area contributed by atoms with Crippen LogP contribution in [0.4, 0.5) is 0 Å². The molecule has 0 amide bonds. The van der Waals surface area contributed by atoms with Gasteiger partial charge in [0, 0.05) is 31.9 Å². The first-order valence-electron chi connectivity index (χ1n) is 6.67.